The first-order valence-corrected chi connectivity index (χ1v) is 6.60. The number of aromatic amines is 1. The van der Waals surface area contributed by atoms with Crippen LogP contribution in [0, 0.1) is 5.82 Å². The van der Waals surface area contributed by atoms with Crippen molar-refractivity contribution in [2.45, 2.75) is 6.18 Å². The van der Waals surface area contributed by atoms with Crippen molar-refractivity contribution in [2.24, 2.45) is 0 Å². The van der Waals surface area contributed by atoms with Crippen LogP contribution in [0.25, 0.3) is 10.9 Å². The van der Waals surface area contributed by atoms with Gasteiger partial charge in [-0.05, 0) is 36.4 Å². The zero-order valence-corrected chi connectivity index (χ0v) is 11.5. The maximum Gasteiger partial charge on any atom is 0.431 e. The van der Waals surface area contributed by atoms with Crippen LogP contribution in [-0.4, -0.2) is 10.9 Å². The van der Waals surface area contributed by atoms with Crippen LogP contribution >= 0.6 is 0 Å². The van der Waals surface area contributed by atoms with Crippen molar-refractivity contribution < 1.29 is 22.4 Å². The Bertz CT molecular complexity index is 883. The van der Waals surface area contributed by atoms with E-state index in [0.717, 1.165) is 12.1 Å². The van der Waals surface area contributed by atoms with Gasteiger partial charge in [0.25, 0.3) is 5.91 Å². The fourth-order valence-electron chi connectivity index (χ4n) is 2.21. The van der Waals surface area contributed by atoms with E-state index >= 15 is 0 Å². The van der Waals surface area contributed by atoms with Gasteiger partial charge in [-0.25, -0.2) is 4.39 Å². The van der Waals surface area contributed by atoms with Crippen molar-refractivity contribution in [2.75, 3.05) is 5.32 Å². The van der Waals surface area contributed by atoms with E-state index in [9.17, 15) is 22.4 Å². The third-order valence-corrected chi connectivity index (χ3v) is 3.30. The molecule has 0 spiro atoms. The van der Waals surface area contributed by atoms with Crippen molar-refractivity contribution >= 4 is 22.5 Å². The lowest BCUT2D eigenvalue weighted by Gasteiger charge is -2.06. The number of anilines is 1. The topological polar surface area (TPSA) is 44.9 Å². The fraction of sp³-hybridized carbons (Fsp3) is 0.0625. The van der Waals surface area contributed by atoms with E-state index in [2.05, 4.69) is 10.3 Å². The summed E-state index contributed by atoms with van der Waals surface area (Å²) in [6, 6.07) is 10.6. The summed E-state index contributed by atoms with van der Waals surface area (Å²) in [6.07, 6.45) is -4.48. The number of benzene rings is 2. The minimum atomic E-state index is -4.48. The summed E-state index contributed by atoms with van der Waals surface area (Å²) in [6.45, 7) is 0. The molecule has 7 heteroatoms. The average molecular weight is 322 g/mol. The summed E-state index contributed by atoms with van der Waals surface area (Å²) in [7, 11) is 0. The van der Waals surface area contributed by atoms with Crippen LogP contribution in [0.1, 0.15) is 16.1 Å². The number of carbonyl (C=O) groups is 1. The molecule has 0 saturated carbocycles. The van der Waals surface area contributed by atoms with E-state index < -0.39 is 23.6 Å². The number of aromatic nitrogens is 1. The molecule has 23 heavy (non-hydrogen) atoms. The second-order valence-corrected chi connectivity index (χ2v) is 4.92. The Morgan fingerprint density at radius 2 is 1.78 bits per heavy atom. The SMILES string of the molecule is O=C(Nc1ccc2[nH]c(C(F)(F)F)cc2c1)c1ccccc1F. The summed E-state index contributed by atoms with van der Waals surface area (Å²) < 4.78 is 51.5. The van der Waals surface area contributed by atoms with Gasteiger partial charge in [-0.1, -0.05) is 12.1 Å². The molecule has 0 unspecified atom stereocenters. The lowest BCUT2D eigenvalue weighted by atomic mass is 10.2. The van der Waals surface area contributed by atoms with E-state index in [1.807, 2.05) is 0 Å². The van der Waals surface area contributed by atoms with Crippen LogP contribution in [0.5, 0.6) is 0 Å². The molecule has 1 amide bonds. The van der Waals surface area contributed by atoms with Gasteiger partial charge in [0.15, 0.2) is 0 Å². The van der Waals surface area contributed by atoms with Crippen molar-refractivity contribution in [3.8, 4) is 0 Å². The molecule has 0 aliphatic carbocycles. The molecule has 3 aromatic rings. The second-order valence-electron chi connectivity index (χ2n) is 4.92. The van der Waals surface area contributed by atoms with Crippen LogP contribution in [0.3, 0.4) is 0 Å². The molecular formula is C16H10F4N2O. The van der Waals surface area contributed by atoms with Gasteiger partial charge < -0.3 is 10.3 Å². The largest absolute Gasteiger partial charge is 0.431 e. The lowest BCUT2D eigenvalue weighted by molar-refractivity contribution is -0.140. The average Bonchev–Trinajstić information content (AvgIpc) is 2.91. The van der Waals surface area contributed by atoms with Crippen LogP contribution < -0.4 is 5.32 Å². The van der Waals surface area contributed by atoms with Gasteiger partial charge in [0, 0.05) is 16.6 Å². The van der Waals surface area contributed by atoms with Crippen molar-refractivity contribution in [1.29, 1.82) is 0 Å². The Kier molecular flexibility index (Phi) is 3.55. The molecule has 2 N–H and O–H groups in total. The fourth-order valence-corrected chi connectivity index (χ4v) is 2.21. The standard InChI is InChI=1S/C16H10F4N2O/c17-12-4-2-1-3-11(12)15(23)21-10-5-6-13-9(7-10)8-14(22-13)16(18,19)20/h1-8,22H,(H,21,23). The summed E-state index contributed by atoms with van der Waals surface area (Å²) >= 11 is 0. The first-order chi connectivity index (χ1) is 10.8. The van der Waals surface area contributed by atoms with E-state index in [4.69, 9.17) is 0 Å². The highest BCUT2D eigenvalue weighted by Gasteiger charge is 2.32. The van der Waals surface area contributed by atoms with Gasteiger partial charge in [0.05, 0.1) is 5.56 Å². The van der Waals surface area contributed by atoms with Gasteiger partial charge in [-0.15, -0.1) is 0 Å². The smallest absolute Gasteiger partial charge is 0.351 e. The molecule has 0 bridgehead atoms. The number of nitrogens with one attached hydrogen (secondary N) is 2. The first kappa shape index (κ1) is 15.1. The predicted molar refractivity (Wildman–Crippen MR) is 77.7 cm³/mol. The van der Waals surface area contributed by atoms with Gasteiger partial charge in [-0.3, -0.25) is 4.79 Å². The molecule has 3 rings (SSSR count). The van der Waals surface area contributed by atoms with Crippen LogP contribution in [-0.2, 0) is 6.18 Å². The number of alkyl halides is 3. The molecule has 3 nitrogen and oxygen atoms in total. The molecular weight excluding hydrogens is 312 g/mol. The summed E-state index contributed by atoms with van der Waals surface area (Å²) in [5.74, 6) is -1.35. The Morgan fingerprint density at radius 3 is 2.48 bits per heavy atom. The van der Waals surface area contributed by atoms with Gasteiger partial charge in [0.1, 0.15) is 11.5 Å². The van der Waals surface area contributed by atoms with Crippen LogP contribution in [0.15, 0.2) is 48.5 Å². The Hall–Kier alpha value is -2.83. The van der Waals surface area contributed by atoms with Crippen molar-refractivity contribution in [3.63, 3.8) is 0 Å². The van der Waals surface area contributed by atoms with Crippen molar-refractivity contribution in [1.82, 2.24) is 4.98 Å². The molecule has 118 valence electrons. The highest BCUT2D eigenvalue weighted by molar-refractivity contribution is 6.05. The Morgan fingerprint density at radius 1 is 1.04 bits per heavy atom. The maximum absolute atomic E-state index is 13.5. The number of hydrogen-bond donors (Lipinski definition) is 2. The first-order valence-electron chi connectivity index (χ1n) is 6.60. The number of rotatable bonds is 2. The number of amides is 1. The minimum Gasteiger partial charge on any atom is -0.351 e. The van der Waals surface area contributed by atoms with Gasteiger partial charge >= 0.3 is 6.18 Å². The normalized spacial score (nSPS) is 11.7. The van der Waals surface area contributed by atoms with Crippen LogP contribution in [0.4, 0.5) is 23.2 Å². The van der Waals surface area contributed by atoms with E-state index in [1.165, 1.54) is 36.4 Å². The number of hydrogen-bond acceptors (Lipinski definition) is 1. The lowest BCUT2D eigenvalue weighted by Crippen LogP contribution is -2.13. The third kappa shape index (κ3) is 3.03. The molecule has 0 saturated heterocycles. The number of fused-ring (bicyclic) bond motifs is 1. The molecule has 0 aliphatic rings. The molecule has 0 atom stereocenters. The van der Waals surface area contributed by atoms with E-state index in [-0.39, 0.29) is 11.3 Å². The second kappa shape index (κ2) is 5.42. The molecule has 0 radical (unpaired) electrons. The predicted octanol–water partition coefficient (Wildman–Crippen LogP) is 4.58. The Balaban J connectivity index is 1.89. The zero-order chi connectivity index (χ0) is 16.6. The molecule has 1 aromatic heterocycles. The molecule has 1 heterocycles. The van der Waals surface area contributed by atoms with Crippen molar-refractivity contribution in [3.05, 3.63) is 65.6 Å². The minimum absolute atomic E-state index is 0.141. The van der Waals surface area contributed by atoms with E-state index in [0.29, 0.717) is 10.9 Å². The monoisotopic (exact) mass is 322 g/mol. The van der Waals surface area contributed by atoms with Gasteiger partial charge in [0.2, 0.25) is 0 Å². The summed E-state index contributed by atoms with van der Waals surface area (Å²) in [5.41, 5.74) is -0.442. The molecule has 2 aromatic carbocycles. The molecule has 0 aliphatic heterocycles. The molecule has 0 fully saturated rings. The number of halogens is 4. The van der Waals surface area contributed by atoms with Gasteiger partial charge in [-0.2, -0.15) is 13.2 Å². The highest BCUT2D eigenvalue weighted by atomic mass is 19.4. The zero-order valence-electron chi connectivity index (χ0n) is 11.5. The third-order valence-electron chi connectivity index (χ3n) is 3.30. The maximum atomic E-state index is 13.5. The number of H-pyrrole nitrogens is 1. The summed E-state index contributed by atoms with van der Waals surface area (Å²) in [4.78, 5) is 14.3. The quantitative estimate of drug-likeness (QED) is 0.667. The number of carbonyl (C=O) groups excluding carboxylic acids is 1. The summed E-state index contributed by atoms with van der Waals surface area (Å²) in [5, 5.41) is 2.76. The Labute approximate surface area is 127 Å². The van der Waals surface area contributed by atoms with E-state index in [1.54, 1.807) is 0 Å². The van der Waals surface area contributed by atoms with Crippen LogP contribution in [0.2, 0.25) is 0 Å². The highest BCUT2D eigenvalue weighted by Crippen LogP contribution is 2.32.